The Kier molecular flexibility index (Phi) is 5.48. The zero-order valence-electron chi connectivity index (χ0n) is 16.3. The minimum absolute atomic E-state index is 0.117. The monoisotopic (exact) mass is 448 g/mol. The van der Waals surface area contributed by atoms with Crippen molar-refractivity contribution in [3.8, 4) is 0 Å². The number of hydrazone groups is 1. The number of amides is 1. The Morgan fingerprint density at radius 2 is 1.94 bits per heavy atom. The average molecular weight is 449 g/mol. The molecule has 2 aromatic carbocycles. The number of aromatic nitrogens is 2. The van der Waals surface area contributed by atoms with E-state index in [1.165, 1.54) is 30.2 Å². The standard InChI is InChI=1S/C23H17FN4OS2/c24-16-9-7-15(8-10-16)20-12-19(21-6-3-11-30-21)27-28(20)22(29)13-31-23-17-4-1-2-5-18(17)25-14-26-23/h1-11,14,20H,12-13H2/t20-/m0/s1. The summed E-state index contributed by atoms with van der Waals surface area (Å²) in [5.74, 6) is -0.223. The summed E-state index contributed by atoms with van der Waals surface area (Å²) in [6.07, 6.45) is 2.11. The van der Waals surface area contributed by atoms with Crippen molar-refractivity contribution in [2.24, 2.45) is 5.10 Å². The van der Waals surface area contributed by atoms with E-state index < -0.39 is 0 Å². The average Bonchev–Trinajstić information content (AvgIpc) is 3.48. The third-order valence-electron chi connectivity index (χ3n) is 5.06. The molecule has 0 unspecified atom stereocenters. The van der Waals surface area contributed by atoms with Gasteiger partial charge in [0, 0.05) is 11.8 Å². The molecular formula is C23H17FN4OS2. The fourth-order valence-corrected chi connectivity index (χ4v) is 5.13. The first-order valence-electron chi connectivity index (χ1n) is 9.70. The predicted molar refractivity (Wildman–Crippen MR) is 122 cm³/mol. The number of halogens is 1. The number of benzene rings is 2. The van der Waals surface area contributed by atoms with E-state index in [0.29, 0.717) is 6.42 Å². The molecule has 3 heterocycles. The molecule has 5 nitrogen and oxygen atoms in total. The first kappa shape index (κ1) is 19.8. The smallest absolute Gasteiger partial charge is 0.253 e. The highest BCUT2D eigenvalue weighted by atomic mass is 32.2. The molecule has 4 aromatic rings. The number of carbonyl (C=O) groups is 1. The highest BCUT2D eigenvalue weighted by molar-refractivity contribution is 8.00. The second-order valence-corrected chi connectivity index (χ2v) is 8.93. The van der Waals surface area contributed by atoms with Gasteiger partial charge in [-0.3, -0.25) is 4.79 Å². The third kappa shape index (κ3) is 4.08. The number of hydrogen-bond acceptors (Lipinski definition) is 6. The summed E-state index contributed by atoms with van der Waals surface area (Å²) in [5.41, 5.74) is 2.58. The summed E-state index contributed by atoms with van der Waals surface area (Å²) in [7, 11) is 0. The highest BCUT2D eigenvalue weighted by Crippen LogP contribution is 2.35. The van der Waals surface area contributed by atoms with Crippen LogP contribution in [0.2, 0.25) is 0 Å². The van der Waals surface area contributed by atoms with Gasteiger partial charge >= 0.3 is 0 Å². The van der Waals surface area contributed by atoms with Gasteiger partial charge in [-0.1, -0.05) is 48.2 Å². The highest BCUT2D eigenvalue weighted by Gasteiger charge is 2.33. The normalized spacial score (nSPS) is 16.0. The van der Waals surface area contributed by atoms with Crippen LogP contribution >= 0.6 is 23.1 Å². The second-order valence-electron chi connectivity index (χ2n) is 7.02. The first-order chi connectivity index (χ1) is 15.2. The third-order valence-corrected chi connectivity index (χ3v) is 6.97. The molecule has 0 fully saturated rings. The molecule has 31 heavy (non-hydrogen) atoms. The van der Waals surface area contributed by atoms with Gasteiger partial charge in [-0.2, -0.15) is 5.10 Å². The van der Waals surface area contributed by atoms with E-state index in [4.69, 9.17) is 0 Å². The lowest BCUT2D eigenvalue weighted by molar-refractivity contribution is -0.130. The largest absolute Gasteiger partial charge is 0.272 e. The van der Waals surface area contributed by atoms with Crippen LogP contribution in [-0.4, -0.2) is 32.3 Å². The van der Waals surface area contributed by atoms with E-state index in [-0.39, 0.29) is 23.5 Å². The van der Waals surface area contributed by atoms with Crippen LogP contribution in [0.15, 0.2) is 82.5 Å². The van der Waals surface area contributed by atoms with E-state index >= 15 is 0 Å². The van der Waals surface area contributed by atoms with Crippen LogP contribution in [-0.2, 0) is 4.79 Å². The van der Waals surface area contributed by atoms with Crippen LogP contribution < -0.4 is 0 Å². The summed E-state index contributed by atoms with van der Waals surface area (Å²) in [6.45, 7) is 0. The number of thioether (sulfide) groups is 1. The Morgan fingerprint density at radius 3 is 2.74 bits per heavy atom. The van der Waals surface area contributed by atoms with Crippen LogP contribution in [0.1, 0.15) is 22.9 Å². The minimum Gasteiger partial charge on any atom is -0.272 e. The summed E-state index contributed by atoms with van der Waals surface area (Å²) in [5, 5.41) is 9.87. The molecule has 2 aromatic heterocycles. The predicted octanol–water partition coefficient (Wildman–Crippen LogP) is 5.30. The van der Waals surface area contributed by atoms with Crippen LogP contribution in [0.3, 0.4) is 0 Å². The molecule has 0 aliphatic carbocycles. The van der Waals surface area contributed by atoms with Crippen LogP contribution in [0, 0.1) is 5.82 Å². The Labute approximate surface area is 186 Å². The van der Waals surface area contributed by atoms with E-state index in [9.17, 15) is 9.18 Å². The van der Waals surface area contributed by atoms with Crippen molar-refractivity contribution in [2.45, 2.75) is 17.5 Å². The molecule has 1 aliphatic rings. The van der Waals surface area contributed by atoms with Crippen molar-refractivity contribution in [3.63, 3.8) is 0 Å². The minimum atomic E-state index is -0.301. The van der Waals surface area contributed by atoms with E-state index in [2.05, 4.69) is 15.1 Å². The SMILES string of the molecule is O=C(CSc1ncnc2ccccc12)N1N=C(c2cccs2)C[C@H]1c1ccc(F)cc1. The van der Waals surface area contributed by atoms with E-state index in [1.807, 2.05) is 41.8 Å². The van der Waals surface area contributed by atoms with Crippen molar-refractivity contribution in [2.75, 3.05) is 5.75 Å². The molecule has 0 N–H and O–H groups in total. The molecule has 154 valence electrons. The van der Waals surface area contributed by atoms with E-state index in [0.717, 1.165) is 32.1 Å². The molecule has 1 aliphatic heterocycles. The lowest BCUT2D eigenvalue weighted by atomic mass is 10.0. The van der Waals surface area contributed by atoms with Crippen LogP contribution in [0.4, 0.5) is 4.39 Å². The lowest BCUT2D eigenvalue weighted by Crippen LogP contribution is -2.28. The molecule has 0 saturated heterocycles. The van der Waals surface area contributed by atoms with Gasteiger partial charge in [0.1, 0.15) is 17.2 Å². The van der Waals surface area contributed by atoms with Crippen LogP contribution in [0.25, 0.3) is 10.9 Å². The molecule has 5 rings (SSSR count). The Hall–Kier alpha value is -3.10. The lowest BCUT2D eigenvalue weighted by Gasteiger charge is -2.22. The number of rotatable bonds is 5. The summed E-state index contributed by atoms with van der Waals surface area (Å²) >= 11 is 2.97. The summed E-state index contributed by atoms with van der Waals surface area (Å²) in [4.78, 5) is 22.9. The molecule has 0 spiro atoms. The van der Waals surface area contributed by atoms with Gasteiger partial charge in [-0.25, -0.2) is 19.4 Å². The van der Waals surface area contributed by atoms with Crippen molar-refractivity contribution in [1.29, 1.82) is 0 Å². The maximum atomic E-state index is 13.4. The van der Waals surface area contributed by atoms with Crippen molar-refractivity contribution in [1.82, 2.24) is 15.0 Å². The molecular weight excluding hydrogens is 431 g/mol. The Morgan fingerprint density at radius 1 is 1.10 bits per heavy atom. The van der Waals surface area contributed by atoms with Gasteiger partial charge in [-0.05, 0) is 35.2 Å². The Balaban J connectivity index is 1.40. The molecule has 1 atom stereocenters. The molecule has 8 heteroatoms. The quantitative estimate of drug-likeness (QED) is 0.307. The van der Waals surface area contributed by atoms with Crippen LogP contribution in [0.5, 0.6) is 0 Å². The van der Waals surface area contributed by atoms with Gasteiger partial charge in [0.15, 0.2) is 0 Å². The van der Waals surface area contributed by atoms with Gasteiger partial charge in [0.2, 0.25) is 0 Å². The molecule has 0 saturated carbocycles. The zero-order chi connectivity index (χ0) is 21.2. The number of para-hydroxylation sites is 1. The number of hydrogen-bond donors (Lipinski definition) is 0. The molecule has 0 radical (unpaired) electrons. The Bertz CT molecular complexity index is 1250. The second kappa shape index (κ2) is 8.56. The number of carbonyl (C=O) groups excluding carboxylic acids is 1. The zero-order valence-corrected chi connectivity index (χ0v) is 17.9. The summed E-state index contributed by atoms with van der Waals surface area (Å²) in [6, 6.07) is 17.7. The van der Waals surface area contributed by atoms with Gasteiger partial charge < -0.3 is 0 Å². The summed E-state index contributed by atoms with van der Waals surface area (Å²) < 4.78 is 13.4. The van der Waals surface area contributed by atoms with Crippen molar-refractivity contribution < 1.29 is 9.18 Å². The first-order valence-corrected chi connectivity index (χ1v) is 11.6. The fourth-order valence-electron chi connectivity index (χ4n) is 3.57. The maximum Gasteiger partial charge on any atom is 0.253 e. The van der Waals surface area contributed by atoms with Crippen molar-refractivity contribution in [3.05, 3.63) is 88.6 Å². The molecule has 0 bridgehead atoms. The fraction of sp³-hybridized carbons (Fsp3) is 0.130. The topological polar surface area (TPSA) is 58.5 Å². The number of nitrogens with zero attached hydrogens (tertiary/aromatic N) is 4. The number of fused-ring (bicyclic) bond motifs is 1. The van der Waals surface area contributed by atoms with Crippen molar-refractivity contribution >= 4 is 45.6 Å². The maximum absolute atomic E-state index is 13.4. The van der Waals surface area contributed by atoms with Gasteiger partial charge in [-0.15, -0.1) is 11.3 Å². The van der Waals surface area contributed by atoms with E-state index in [1.54, 1.807) is 28.5 Å². The van der Waals surface area contributed by atoms with Gasteiger partial charge in [0.25, 0.3) is 5.91 Å². The molecule has 1 amide bonds. The van der Waals surface area contributed by atoms with Gasteiger partial charge in [0.05, 0.1) is 27.9 Å². The number of thiophene rings is 1.